The van der Waals surface area contributed by atoms with Gasteiger partial charge in [-0.1, -0.05) is 30.3 Å². The van der Waals surface area contributed by atoms with Gasteiger partial charge < -0.3 is 15.0 Å². The number of amides is 1. The molecule has 2 heterocycles. The second-order valence-corrected chi connectivity index (χ2v) is 7.86. The van der Waals surface area contributed by atoms with Crippen LogP contribution in [0.3, 0.4) is 0 Å². The van der Waals surface area contributed by atoms with Gasteiger partial charge in [-0.15, -0.1) is 0 Å². The molecule has 0 aliphatic heterocycles. The molecule has 0 atom stereocenters. The van der Waals surface area contributed by atoms with Gasteiger partial charge in [-0.05, 0) is 51.1 Å². The molecule has 0 aliphatic rings. The molecule has 9 heteroatoms. The van der Waals surface area contributed by atoms with E-state index in [-0.39, 0.29) is 29.8 Å². The predicted molar refractivity (Wildman–Crippen MR) is 133 cm³/mol. The highest BCUT2D eigenvalue weighted by Gasteiger charge is 2.21. The number of nitrogens with zero attached hydrogens (tertiary/aromatic N) is 5. The highest BCUT2D eigenvalue weighted by molar-refractivity contribution is 6.10. The maximum absolute atomic E-state index is 13.4. The average Bonchev–Trinajstić information content (AvgIpc) is 3.21. The summed E-state index contributed by atoms with van der Waals surface area (Å²) in [6, 6.07) is 18.3. The number of aromatic nitrogens is 4. The quantitative estimate of drug-likeness (QED) is 0.397. The van der Waals surface area contributed by atoms with Crippen molar-refractivity contribution in [2.24, 2.45) is 0 Å². The van der Waals surface area contributed by atoms with E-state index in [0.717, 1.165) is 17.1 Å². The standard InChI is InChI=1S/C26H26N6O3/c1-5-35-25(34)21-16-27-26(32-18(3)15-17(2)30-32)29-23(21)28-22-14-10-9-13-20(22)24(33)31(4)19-11-7-6-8-12-19/h6-16H,5H2,1-4H3,(H,27,28,29). The molecule has 4 aromatic rings. The van der Waals surface area contributed by atoms with Crippen LogP contribution in [0.1, 0.15) is 39.0 Å². The van der Waals surface area contributed by atoms with Crippen LogP contribution in [0, 0.1) is 13.8 Å². The zero-order chi connectivity index (χ0) is 24.9. The first-order valence-electron chi connectivity index (χ1n) is 11.2. The number of ether oxygens (including phenoxy) is 1. The Kier molecular flexibility index (Phi) is 6.86. The number of nitrogens with one attached hydrogen (secondary N) is 1. The molecule has 2 aromatic carbocycles. The van der Waals surface area contributed by atoms with Gasteiger partial charge in [-0.3, -0.25) is 4.79 Å². The molecule has 1 amide bonds. The molecule has 0 aliphatic carbocycles. The Morgan fingerprint density at radius 3 is 2.43 bits per heavy atom. The van der Waals surface area contributed by atoms with Gasteiger partial charge in [0, 0.05) is 24.6 Å². The third-order valence-electron chi connectivity index (χ3n) is 5.33. The summed E-state index contributed by atoms with van der Waals surface area (Å²) >= 11 is 0. The van der Waals surface area contributed by atoms with Crippen LogP contribution in [0.5, 0.6) is 0 Å². The number of hydrogen-bond acceptors (Lipinski definition) is 7. The van der Waals surface area contributed by atoms with E-state index in [1.54, 1.807) is 47.8 Å². The molecular formula is C26H26N6O3. The summed E-state index contributed by atoms with van der Waals surface area (Å²) in [6.07, 6.45) is 1.40. The fraction of sp³-hybridized carbons (Fsp3) is 0.192. The van der Waals surface area contributed by atoms with Gasteiger partial charge >= 0.3 is 5.97 Å². The lowest BCUT2D eigenvalue weighted by atomic mass is 10.1. The average molecular weight is 471 g/mol. The van der Waals surface area contributed by atoms with Crippen LogP contribution in [0.4, 0.5) is 17.2 Å². The van der Waals surface area contributed by atoms with Crippen molar-refractivity contribution in [2.45, 2.75) is 20.8 Å². The summed E-state index contributed by atoms with van der Waals surface area (Å²) in [6.45, 7) is 5.70. The lowest BCUT2D eigenvalue weighted by molar-refractivity contribution is 0.0526. The summed E-state index contributed by atoms with van der Waals surface area (Å²) < 4.78 is 6.79. The van der Waals surface area contributed by atoms with Crippen LogP contribution in [0.25, 0.3) is 5.95 Å². The predicted octanol–water partition coefficient (Wildman–Crippen LogP) is 4.48. The number of para-hydroxylation sites is 2. The Hall–Kier alpha value is -4.53. The highest BCUT2D eigenvalue weighted by Crippen LogP contribution is 2.26. The minimum absolute atomic E-state index is 0.149. The number of esters is 1. The van der Waals surface area contributed by atoms with Crippen molar-refractivity contribution in [2.75, 3.05) is 23.9 Å². The summed E-state index contributed by atoms with van der Waals surface area (Å²) in [4.78, 5) is 36.5. The van der Waals surface area contributed by atoms with Crippen LogP contribution >= 0.6 is 0 Å². The van der Waals surface area contributed by atoms with Gasteiger partial charge in [-0.2, -0.15) is 10.1 Å². The van der Waals surface area contributed by atoms with E-state index in [0.29, 0.717) is 11.3 Å². The lowest BCUT2D eigenvalue weighted by Crippen LogP contribution is -2.27. The van der Waals surface area contributed by atoms with E-state index in [9.17, 15) is 9.59 Å². The summed E-state index contributed by atoms with van der Waals surface area (Å²) in [5.74, 6) is -0.287. The van der Waals surface area contributed by atoms with E-state index < -0.39 is 5.97 Å². The van der Waals surface area contributed by atoms with E-state index >= 15 is 0 Å². The van der Waals surface area contributed by atoms with Gasteiger partial charge in [0.1, 0.15) is 5.56 Å². The highest BCUT2D eigenvalue weighted by atomic mass is 16.5. The van der Waals surface area contributed by atoms with E-state index in [1.165, 1.54) is 6.20 Å². The van der Waals surface area contributed by atoms with Crippen molar-refractivity contribution in [1.82, 2.24) is 19.7 Å². The smallest absolute Gasteiger partial charge is 0.343 e. The minimum atomic E-state index is -0.569. The molecule has 4 rings (SSSR count). The summed E-state index contributed by atoms with van der Waals surface area (Å²) in [5.41, 5.74) is 3.47. The lowest BCUT2D eigenvalue weighted by Gasteiger charge is -2.20. The normalized spacial score (nSPS) is 10.6. The zero-order valence-electron chi connectivity index (χ0n) is 20.0. The second kappa shape index (κ2) is 10.2. The second-order valence-electron chi connectivity index (χ2n) is 7.86. The molecule has 9 nitrogen and oxygen atoms in total. The van der Waals surface area contributed by atoms with Gasteiger partial charge in [0.15, 0.2) is 5.82 Å². The van der Waals surface area contributed by atoms with Crippen molar-refractivity contribution in [3.63, 3.8) is 0 Å². The van der Waals surface area contributed by atoms with E-state index in [1.807, 2.05) is 50.2 Å². The van der Waals surface area contributed by atoms with Gasteiger partial charge in [0.05, 0.1) is 23.6 Å². The SMILES string of the molecule is CCOC(=O)c1cnc(-n2nc(C)cc2C)nc1Nc1ccccc1C(=O)N(C)c1ccccc1. The first-order valence-corrected chi connectivity index (χ1v) is 11.2. The van der Waals surface area contributed by atoms with Crippen molar-refractivity contribution in [3.05, 3.63) is 89.4 Å². The van der Waals surface area contributed by atoms with Gasteiger partial charge in [0.25, 0.3) is 11.9 Å². The van der Waals surface area contributed by atoms with Crippen molar-refractivity contribution in [1.29, 1.82) is 0 Å². The van der Waals surface area contributed by atoms with Crippen LogP contribution in [0.2, 0.25) is 0 Å². The number of hydrogen-bond donors (Lipinski definition) is 1. The fourth-order valence-corrected chi connectivity index (χ4v) is 3.62. The topological polar surface area (TPSA) is 102 Å². The molecule has 0 saturated carbocycles. The number of aryl methyl sites for hydroxylation is 2. The summed E-state index contributed by atoms with van der Waals surface area (Å²) in [5, 5.41) is 7.59. The first kappa shape index (κ1) is 23.6. The summed E-state index contributed by atoms with van der Waals surface area (Å²) in [7, 11) is 1.71. The Labute approximate surface area is 203 Å². The molecule has 1 N–H and O–H groups in total. The molecule has 2 aromatic heterocycles. The van der Waals surface area contributed by atoms with Crippen molar-refractivity contribution >= 4 is 29.1 Å². The molecule has 35 heavy (non-hydrogen) atoms. The van der Waals surface area contributed by atoms with Crippen molar-refractivity contribution in [3.8, 4) is 5.95 Å². The maximum atomic E-state index is 13.4. The van der Waals surface area contributed by atoms with Gasteiger partial charge in [0.2, 0.25) is 0 Å². The number of rotatable bonds is 7. The van der Waals surface area contributed by atoms with Crippen LogP contribution in [-0.4, -0.2) is 45.3 Å². The molecule has 0 unspecified atom stereocenters. The fourth-order valence-electron chi connectivity index (χ4n) is 3.62. The van der Waals surface area contributed by atoms with Crippen LogP contribution in [-0.2, 0) is 4.74 Å². The number of carbonyl (C=O) groups excluding carboxylic acids is 2. The Balaban J connectivity index is 1.75. The van der Waals surface area contributed by atoms with Crippen LogP contribution < -0.4 is 10.2 Å². The monoisotopic (exact) mass is 470 g/mol. The molecule has 0 spiro atoms. The van der Waals surface area contributed by atoms with E-state index in [2.05, 4.69) is 20.4 Å². The Morgan fingerprint density at radius 2 is 1.74 bits per heavy atom. The minimum Gasteiger partial charge on any atom is -0.462 e. The first-order chi connectivity index (χ1) is 16.9. The number of carbonyl (C=O) groups is 2. The van der Waals surface area contributed by atoms with Crippen molar-refractivity contribution < 1.29 is 14.3 Å². The number of anilines is 3. The third-order valence-corrected chi connectivity index (χ3v) is 5.33. The van der Waals surface area contributed by atoms with Crippen LogP contribution in [0.15, 0.2) is 66.9 Å². The molecular weight excluding hydrogens is 444 g/mol. The van der Waals surface area contributed by atoms with E-state index in [4.69, 9.17) is 4.74 Å². The third kappa shape index (κ3) is 5.03. The molecule has 0 saturated heterocycles. The maximum Gasteiger partial charge on any atom is 0.343 e. The van der Waals surface area contributed by atoms with Gasteiger partial charge in [-0.25, -0.2) is 14.5 Å². The Bertz CT molecular complexity index is 1370. The molecule has 0 fully saturated rings. The molecule has 0 bridgehead atoms. The Morgan fingerprint density at radius 1 is 1.03 bits per heavy atom. The molecule has 0 radical (unpaired) electrons. The molecule has 178 valence electrons. The largest absolute Gasteiger partial charge is 0.462 e. The zero-order valence-corrected chi connectivity index (χ0v) is 20.0. The number of benzene rings is 2.